The molecule has 5 heteroatoms. The number of hydrogen-bond acceptors (Lipinski definition) is 3. The number of furan rings is 1. The standard InChI is InChI=1S/C20H26N2O3/c1-2-24-18-10-5-4-9-16(18)20(23)21-15-17(19-11-8-14-25-19)22-12-6-3-7-13-22/h4-5,8-11,14,17H,2-3,6-7,12-13,15H2,1H3,(H,21,23)/p+1/t17-/m1/s1. The average molecular weight is 343 g/mol. The molecule has 1 aliphatic heterocycles. The molecule has 1 atom stereocenters. The van der Waals surface area contributed by atoms with Crippen LogP contribution in [0.1, 0.15) is 48.3 Å². The first-order valence-electron chi connectivity index (χ1n) is 9.17. The molecule has 0 unspecified atom stereocenters. The maximum absolute atomic E-state index is 12.7. The highest BCUT2D eigenvalue weighted by molar-refractivity contribution is 5.96. The van der Waals surface area contributed by atoms with Crippen molar-refractivity contribution < 1.29 is 18.8 Å². The van der Waals surface area contributed by atoms with Crippen LogP contribution in [-0.4, -0.2) is 32.1 Å². The molecular weight excluding hydrogens is 316 g/mol. The van der Waals surface area contributed by atoms with Crippen LogP contribution in [0, 0.1) is 0 Å². The number of carbonyl (C=O) groups is 1. The molecular formula is C20H27N2O3+. The fraction of sp³-hybridized carbons (Fsp3) is 0.450. The Bertz CT molecular complexity index is 663. The molecule has 1 saturated heterocycles. The van der Waals surface area contributed by atoms with Crippen LogP contribution < -0.4 is 15.0 Å². The van der Waals surface area contributed by atoms with Crippen LogP contribution in [0.25, 0.3) is 0 Å². The summed E-state index contributed by atoms with van der Waals surface area (Å²) in [5.74, 6) is 1.47. The molecule has 5 nitrogen and oxygen atoms in total. The quantitative estimate of drug-likeness (QED) is 0.810. The van der Waals surface area contributed by atoms with Crippen molar-refractivity contribution in [3.63, 3.8) is 0 Å². The number of nitrogens with one attached hydrogen (secondary N) is 2. The van der Waals surface area contributed by atoms with E-state index in [1.54, 1.807) is 12.3 Å². The summed E-state index contributed by atoms with van der Waals surface area (Å²) in [6, 6.07) is 11.4. The predicted octanol–water partition coefficient (Wildman–Crippen LogP) is 2.22. The fourth-order valence-electron chi connectivity index (χ4n) is 3.52. The lowest BCUT2D eigenvalue weighted by atomic mass is 10.1. The fourth-order valence-corrected chi connectivity index (χ4v) is 3.52. The van der Waals surface area contributed by atoms with Gasteiger partial charge in [0.15, 0.2) is 11.8 Å². The van der Waals surface area contributed by atoms with E-state index >= 15 is 0 Å². The third-order valence-corrected chi connectivity index (χ3v) is 4.77. The van der Waals surface area contributed by atoms with Gasteiger partial charge in [-0.15, -0.1) is 0 Å². The number of para-hydroxylation sites is 1. The number of benzene rings is 1. The van der Waals surface area contributed by atoms with Gasteiger partial charge in [0.05, 0.1) is 38.1 Å². The molecule has 1 fully saturated rings. The second kappa shape index (κ2) is 8.72. The topological polar surface area (TPSA) is 55.9 Å². The molecule has 134 valence electrons. The molecule has 1 aromatic carbocycles. The first-order valence-corrected chi connectivity index (χ1v) is 9.17. The molecule has 2 heterocycles. The molecule has 1 aliphatic rings. The van der Waals surface area contributed by atoms with Gasteiger partial charge in [0, 0.05) is 0 Å². The molecule has 1 amide bonds. The van der Waals surface area contributed by atoms with E-state index in [9.17, 15) is 4.79 Å². The molecule has 0 spiro atoms. The molecule has 0 radical (unpaired) electrons. The number of piperidine rings is 1. The Morgan fingerprint density at radius 2 is 2.00 bits per heavy atom. The smallest absolute Gasteiger partial charge is 0.255 e. The zero-order valence-corrected chi connectivity index (χ0v) is 14.8. The molecule has 2 N–H and O–H groups in total. The molecule has 0 saturated carbocycles. The van der Waals surface area contributed by atoms with Crippen molar-refractivity contribution in [3.05, 3.63) is 54.0 Å². The number of ether oxygens (including phenoxy) is 1. The van der Waals surface area contributed by atoms with Crippen molar-refractivity contribution in [2.45, 2.75) is 32.2 Å². The molecule has 2 aromatic rings. The summed E-state index contributed by atoms with van der Waals surface area (Å²) in [5.41, 5.74) is 0.580. The van der Waals surface area contributed by atoms with Gasteiger partial charge in [0.1, 0.15) is 5.75 Å². The van der Waals surface area contributed by atoms with Crippen molar-refractivity contribution in [3.8, 4) is 5.75 Å². The highest BCUT2D eigenvalue weighted by Gasteiger charge is 2.29. The number of carbonyl (C=O) groups excluding carboxylic acids is 1. The largest absolute Gasteiger partial charge is 0.493 e. The van der Waals surface area contributed by atoms with Crippen molar-refractivity contribution >= 4 is 5.91 Å². The second-order valence-electron chi connectivity index (χ2n) is 6.43. The summed E-state index contributed by atoms with van der Waals surface area (Å²) in [6.07, 6.45) is 5.46. The van der Waals surface area contributed by atoms with Gasteiger partial charge in [0.25, 0.3) is 5.91 Å². The maximum Gasteiger partial charge on any atom is 0.255 e. The van der Waals surface area contributed by atoms with E-state index in [1.165, 1.54) is 24.2 Å². The van der Waals surface area contributed by atoms with Crippen LogP contribution in [0.4, 0.5) is 0 Å². The highest BCUT2D eigenvalue weighted by atomic mass is 16.5. The Hall–Kier alpha value is -2.27. The first kappa shape index (κ1) is 17.5. The third-order valence-electron chi connectivity index (χ3n) is 4.77. The van der Waals surface area contributed by atoms with Gasteiger partial charge < -0.3 is 19.4 Å². The Kier molecular flexibility index (Phi) is 6.12. The van der Waals surface area contributed by atoms with E-state index < -0.39 is 0 Å². The van der Waals surface area contributed by atoms with Crippen molar-refractivity contribution in [2.24, 2.45) is 0 Å². The molecule has 25 heavy (non-hydrogen) atoms. The van der Waals surface area contributed by atoms with Gasteiger partial charge in [-0.2, -0.15) is 0 Å². The second-order valence-corrected chi connectivity index (χ2v) is 6.43. The number of amides is 1. The number of hydrogen-bond donors (Lipinski definition) is 2. The minimum absolute atomic E-state index is 0.1000. The highest BCUT2D eigenvalue weighted by Crippen LogP contribution is 2.18. The predicted molar refractivity (Wildman–Crippen MR) is 95.9 cm³/mol. The average Bonchev–Trinajstić information content (AvgIpc) is 3.18. The molecule has 0 aliphatic carbocycles. The lowest BCUT2D eigenvalue weighted by Gasteiger charge is -2.30. The van der Waals surface area contributed by atoms with E-state index in [-0.39, 0.29) is 11.9 Å². The van der Waals surface area contributed by atoms with Gasteiger partial charge in [-0.25, -0.2) is 0 Å². The van der Waals surface area contributed by atoms with Crippen LogP contribution >= 0.6 is 0 Å². The zero-order chi connectivity index (χ0) is 17.5. The summed E-state index contributed by atoms with van der Waals surface area (Å²) >= 11 is 0. The SMILES string of the molecule is CCOc1ccccc1C(=O)NC[C@H](c1ccco1)[NH+]1CCCCC1. The van der Waals surface area contributed by atoms with E-state index in [4.69, 9.17) is 9.15 Å². The van der Waals surface area contributed by atoms with E-state index in [1.807, 2.05) is 37.3 Å². The summed E-state index contributed by atoms with van der Waals surface area (Å²) in [4.78, 5) is 14.2. The summed E-state index contributed by atoms with van der Waals surface area (Å²) < 4.78 is 11.2. The lowest BCUT2D eigenvalue weighted by Crippen LogP contribution is -3.13. The summed E-state index contributed by atoms with van der Waals surface area (Å²) in [7, 11) is 0. The van der Waals surface area contributed by atoms with Crippen LogP contribution in [0.5, 0.6) is 5.75 Å². The molecule has 0 bridgehead atoms. The minimum atomic E-state index is -0.1000. The van der Waals surface area contributed by atoms with Gasteiger partial charge in [-0.1, -0.05) is 12.1 Å². The first-order chi connectivity index (χ1) is 12.3. The van der Waals surface area contributed by atoms with Gasteiger partial charge in [-0.3, -0.25) is 4.79 Å². The number of likely N-dealkylation sites (tertiary alicyclic amines) is 1. The summed E-state index contributed by atoms with van der Waals surface area (Å²) in [6.45, 7) is 5.26. The van der Waals surface area contributed by atoms with Gasteiger partial charge in [-0.05, 0) is 50.5 Å². The van der Waals surface area contributed by atoms with Crippen molar-refractivity contribution in [1.29, 1.82) is 0 Å². The summed E-state index contributed by atoms with van der Waals surface area (Å²) in [5, 5.41) is 3.08. The lowest BCUT2D eigenvalue weighted by molar-refractivity contribution is -0.936. The van der Waals surface area contributed by atoms with Gasteiger partial charge in [0.2, 0.25) is 0 Å². The molecule has 1 aromatic heterocycles. The van der Waals surface area contributed by atoms with Crippen LogP contribution in [0.15, 0.2) is 47.1 Å². The van der Waals surface area contributed by atoms with Crippen LogP contribution in [0.2, 0.25) is 0 Å². The molecule has 3 rings (SSSR count). The Balaban J connectivity index is 1.69. The van der Waals surface area contributed by atoms with Crippen LogP contribution in [-0.2, 0) is 0 Å². The Morgan fingerprint density at radius 1 is 1.20 bits per heavy atom. The maximum atomic E-state index is 12.7. The van der Waals surface area contributed by atoms with Crippen molar-refractivity contribution in [1.82, 2.24) is 5.32 Å². The Morgan fingerprint density at radius 3 is 2.72 bits per heavy atom. The zero-order valence-electron chi connectivity index (χ0n) is 14.8. The Labute approximate surface area is 149 Å². The normalized spacial score (nSPS) is 16.4. The van der Waals surface area contributed by atoms with E-state index in [0.717, 1.165) is 18.8 Å². The number of rotatable bonds is 7. The van der Waals surface area contributed by atoms with E-state index in [0.29, 0.717) is 24.5 Å². The van der Waals surface area contributed by atoms with Gasteiger partial charge >= 0.3 is 0 Å². The number of quaternary nitrogens is 1. The van der Waals surface area contributed by atoms with E-state index in [2.05, 4.69) is 5.32 Å². The third kappa shape index (κ3) is 4.42. The van der Waals surface area contributed by atoms with Crippen molar-refractivity contribution in [2.75, 3.05) is 26.2 Å². The monoisotopic (exact) mass is 343 g/mol. The van der Waals surface area contributed by atoms with Crippen LogP contribution in [0.3, 0.4) is 0 Å². The minimum Gasteiger partial charge on any atom is -0.493 e.